The first-order chi connectivity index (χ1) is 9.22. The summed E-state index contributed by atoms with van der Waals surface area (Å²) in [5.41, 5.74) is 7.37. The Labute approximate surface area is 118 Å². The lowest BCUT2D eigenvalue weighted by Crippen LogP contribution is -1.88. The maximum atomic E-state index is 13.3. The highest BCUT2D eigenvalue weighted by atomic mass is 32.1. The summed E-state index contributed by atoms with van der Waals surface area (Å²) in [6.45, 7) is 0. The second kappa shape index (κ2) is 5.11. The number of nitrogens with zero attached hydrogens (tertiary/aromatic N) is 1. The van der Waals surface area contributed by atoms with Crippen molar-refractivity contribution in [3.8, 4) is 11.3 Å². The molecule has 0 saturated heterocycles. The Kier molecular flexibility index (Phi) is 3.31. The molecule has 0 fully saturated rings. The summed E-state index contributed by atoms with van der Waals surface area (Å²) >= 11 is 3.16. The van der Waals surface area contributed by atoms with Crippen molar-refractivity contribution >= 4 is 27.8 Å². The Hall–Kier alpha value is -1.72. The van der Waals surface area contributed by atoms with Crippen LogP contribution in [0.4, 0.5) is 9.52 Å². The molecular weight excluding hydrogens is 279 g/mol. The van der Waals surface area contributed by atoms with Crippen LogP contribution in [0.3, 0.4) is 0 Å². The van der Waals surface area contributed by atoms with E-state index in [0.717, 1.165) is 22.6 Å². The van der Waals surface area contributed by atoms with Crippen molar-refractivity contribution in [2.75, 3.05) is 5.73 Å². The van der Waals surface area contributed by atoms with Crippen LogP contribution in [0.15, 0.2) is 41.8 Å². The van der Waals surface area contributed by atoms with Crippen LogP contribution in [0.5, 0.6) is 0 Å². The van der Waals surface area contributed by atoms with Gasteiger partial charge in [0.25, 0.3) is 0 Å². The minimum Gasteiger partial charge on any atom is -0.375 e. The number of nitrogens with two attached hydrogens (primary N) is 1. The molecule has 0 unspecified atom stereocenters. The topological polar surface area (TPSA) is 38.9 Å². The largest absolute Gasteiger partial charge is 0.375 e. The predicted octanol–water partition coefficient (Wildman–Crippen LogP) is 4.18. The standard InChI is InChI=1S/C14H11FN2S2/c15-10-4-1-3-9(7-10)13-12(19-14(16)17-13)8-11-5-2-6-18-11/h1-7H,8H2,(H2,16,17). The maximum absolute atomic E-state index is 13.3. The van der Waals surface area contributed by atoms with Crippen LogP contribution in [-0.2, 0) is 6.42 Å². The number of hydrogen-bond donors (Lipinski definition) is 1. The van der Waals surface area contributed by atoms with E-state index in [0.29, 0.717) is 5.13 Å². The number of anilines is 1. The number of thiophene rings is 1. The Morgan fingerprint density at radius 2 is 2.11 bits per heavy atom. The molecule has 96 valence electrons. The fourth-order valence-corrected chi connectivity index (χ4v) is 3.61. The van der Waals surface area contributed by atoms with Crippen molar-refractivity contribution < 1.29 is 4.39 Å². The van der Waals surface area contributed by atoms with Gasteiger partial charge in [0.2, 0.25) is 0 Å². The molecule has 0 bridgehead atoms. The number of benzene rings is 1. The summed E-state index contributed by atoms with van der Waals surface area (Å²) in [6.07, 6.45) is 0.790. The van der Waals surface area contributed by atoms with Crippen molar-refractivity contribution in [3.63, 3.8) is 0 Å². The van der Waals surface area contributed by atoms with Crippen LogP contribution < -0.4 is 5.73 Å². The molecule has 0 radical (unpaired) electrons. The first-order valence-electron chi connectivity index (χ1n) is 5.76. The summed E-state index contributed by atoms with van der Waals surface area (Å²) in [6, 6.07) is 10.6. The first kappa shape index (κ1) is 12.3. The lowest BCUT2D eigenvalue weighted by molar-refractivity contribution is 0.628. The van der Waals surface area contributed by atoms with E-state index in [1.54, 1.807) is 17.4 Å². The van der Waals surface area contributed by atoms with E-state index < -0.39 is 0 Å². The van der Waals surface area contributed by atoms with Gasteiger partial charge in [0, 0.05) is 21.7 Å². The molecule has 2 N–H and O–H groups in total. The molecule has 0 saturated carbocycles. The smallest absolute Gasteiger partial charge is 0.180 e. The van der Waals surface area contributed by atoms with Crippen LogP contribution in [0.2, 0.25) is 0 Å². The highest BCUT2D eigenvalue weighted by molar-refractivity contribution is 7.16. The van der Waals surface area contributed by atoms with Gasteiger partial charge in [-0.15, -0.1) is 22.7 Å². The molecule has 0 atom stereocenters. The molecule has 19 heavy (non-hydrogen) atoms. The molecule has 3 rings (SSSR count). The minimum absolute atomic E-state index is 0.258. The third-order valence-corrected chi connectivity index (χ3v) is 4.49. The van der Waals surface area contributed by atoms with E-state index >= 15 is 0 Å². The molecule has 3 aromatic rings. The van der Waals surface area contributed by atoms with Gasteiger partial charge < -0.3 is 5.73 Å². The highest BCUT2D eigenvalue weighted by Gasteiger charge is 2.13. The van der Waals surface area contributed by atoms with Gasteiger partial charge in [-0.3, -0.25) is 0 Å². The van der Waals surface area contributed by atoms with Gasteiger partial charge >= 0.3 is 0 Å². The maximum Gasteiger partial charge on any atom is 0.180 e. The van der Waals surface area contributed by atoms with E-state index in [1.807, 2.05) is 17.5 Å². The SMILES string of the molecule is Nc1nc(-c2cccc(F)c2)c(Cc2cccs2)s1. The average Bonchev–Trinajstić information content (AvgIpc) is 3.00. The number of halogens is 1. The summed E-state index contributed by atoms with van der Waals surface area (Å²) in [5, 5.41) is 2.56. The molecule has 0 aliphatic carbocycles. The van der Waals surface area contributed by atoms with E-state index in [4.69, 9.17) is 5.73 Å². The summed E-state index contributed by atoms with van der Waals surface area (Å²) in [4.78, 5) is 6.66. The zero-order valence-corrected chi connectivity index (χ0v) is 11.6. The number of thiazole rings is 1. The summed E-state index contributed by atoms with van der Waals surface area (Å²) in [5.74, 6) is -0.258. The van der Waals surface area contributed by atoms with Gasteiger partial charge in [-0.2, -0.15) is 0 Å². The van der Waals surface area contributed by atoms with Gasteiger partial charge in [-0.25, -0.2) is 9.37 Å². The molecule has 5 heteroatoms. The van der Waals surface area contributed by atoms with E-state index in [1.165, 1.54) is 28.3 Å². The van der Waals surface area contributed by atoms with Gasteiger partial charge in [0.1, 0.15) is 5.82 Å². The van der Waals surface area contributed by atoms with E-state index in [9.17, 15) is 4.39 Å². The monoisotopic (exact) mass is 290 g/mol. The zero-order valence-electron chi connectivity index (χ0n) is 9.97. The number of aromatic nitrogens is 1. The molecular formula is C14H11FN2S2. The molecule has 0 aliphatic heterocycles. The molecule has 2 heterocycles. The van der Waals surface area contributed by atoms with Gasteiger partial charge in [-0.05, 0) is 23.6 Å². The van der Waals surface area contributed by atoms with Gasteiger partial charge in [0.15, 0.2) is 5.13 Å². The second-order valence-corrected chi connectivity index (χ2v) is 6.24. The van der Waals surface area contributed by atoms with Crippen molar-refractivity contribution in [3.05, 3.63) is 57.3 Å². The zero-order chi connectivity index (χ0) is 13.2. The van der Waals surface area contributed by atoms with Crippen molar-refractivity contribution in [2.24, 2.45) is 0 Å². The third-order valence-electron chi connectivity index (χ3n) is 2.73. The Balaban J connectivity index is 2.02. The Morgan fingerprint density at radius 3 is 2.84 bits per heavy atom. The van der Waals surface area contributed by atoms with Crippen LogP contribution in [0.25, 0.3) is 11.3 Å². The van der Waals surface area contributed by atoms with Crippen molar-refractivity contribution in [1.82, 2.24) is 4.98 Å². The first-order valence-corrected chi connectivity index (χ1v) is 7.45. The molecule has 0 amide bonds. The Bertz CT molecular complexity index is 689. The number of nitrogen functional groups attached to an aromatic ring is 1. The van der Waals surface area contributed by atoms with Gasteiger partial charge in [0.05, 0.1) is 5.69 Å². The quantitative estimate of drug-likeness (QED) is 0.785. The van der Waals surface area contributed by atoms with Crippen LogP contribution in [0.1, 0.15) is 9.75 Å². The van der Waals surface area contributed by atoms with Crippen LogP contribution in [0, 0.1) is 5.82 Å². The molecule has 0 aliphatic rings. The number of rotatable bonds is 3. The summed E-state index contributed by atoms with van der Waals surface area (Å²) < 4.78 is 13.3. The van der Waals surface area contributed by atoms with Crippen molar-refractivity contribution in [1.29, 1.82) is 0 Å². The molecule has 0 spiro atoms. The lowest BCUT2D eigenvalue weighted by Gasteiger charge is -2.01. The van der Waals surface area contributed by atoms with Crippen LogP contribution in [-0.4, -0.2) is 4.98 Å². The average molecular weight is 290 g/mol. The second-order valence-electron chi connectivity index (χ2n) is 4.09. The normalized spacial score (nSPS) is 10.8. The molecule has 2 aromatic heterocycles. The van der Waals surface area contributed by atoms with E-state index in [2.05, 4.69) is 11.1 Å². The fraction of sp³-hybridized carbons (Fsp3) is 0.0714. The Morgan fingerprint density at radius 1 is 1.21 bits per heavy atom. The van der Waals surface area contributed by atoms with Gasteiger partial charge in [-0.1, -0.05) is 18.2 Å². The summed E-state index contributed by atoms with van der Waals surface area (Å²) in [7, 11) is 0. The van der Waals surface area contributed by atoms with Crippen LogP contribution >= 0.6 is 22.7 Å². The fourth-order valence-electron chi connectivity index (χ4n) is 1.92. The van der Waals surface area contributed by atoms with E-state index in [-0.39, 0.29) is 5.82 Å². The lowest BCUT2D eigenvalue weighted by atomic mass is 10.1. The molecule has 2 nitrogen and oxygen atoms in total. The highest BCUT2D eigenvalue weighted by Crippen LogP contribution is 2.32. The third kappa shape index (κ3) is 2.67. The minimum atomic E-state index is -0.258. The number of hydrogen-bond acceptors (Lipinski definition) is 4. The molecule has 1 aromatic carbocycles. The van der Waals surface area contributed by atoms with Crippen molar-refractivity contribution in [2.45, 2.75) is 6.42 Å². The predicted molar refractivity (Wildman–Crippen MR) is 79.0 cm³/mol.